The predicted molar refractivity (Wildman–Crippen MR) is 126 cm³/mol. The monoisotopic (exact) mass is 492 g/mol. The smallest absolute Gasteiger partial charge is 0.234 e. The van der Waals surface area contributed by atoms with Gasteiger partial charge in [-0.2, -0.15) is 0 Å². The standard InChI is InChI=1S/C21H15Cl3N4O2S/c1-2-7-28-20(18-9-12-8-13(22)4-6-17(12)30-18)26-27-21(28)31-11-19(29)25-16-10-14(23)3-5-15(16)24/h2-6,8-10H,1,7,11H2,(H,25,29). The Labute approximate surface area is 197 Å². The number of allylic oxidation sites excluding steroid dienone is 1. The Morgan fingerprint density at radius 2 is 1.90 bits per heavy atom. The summed E-state index contributed by atoms with van der Waals surface area (Å²) in [5.41, 5.74) is 1.15. The Bertz CT molecular complexity index is 1290. The van der Waals surface area contributed by atoms with Gasteiger partial charge in [-0.25, -0.2) is 0 Å². The fourth-order valence-corrected chi connectivity index (χ4v) is 4.17. The highest BCUT2D eigenvalue weighted by Gasteiger charge is 2.18. The van der Waals surface area contributed by atoms with E-state index in [-0.39, 0.29) is 11.7 Å². The number of thioether (sulfide) groups is 1. The summed E-state index contributed by atoms with van der Waals surface area (Å²) in [7, 11) is 0. The topological polar surface area (TPSA) is 73.0 Å². The van der Waals surface area contributed by atoms with Crippen LogP contribution in [0.4, 0.5) is 5.69 Å². The number of furan rings is 1. The summed E-state index contributed by atoms with van der Waals surface area (Å²) in [5.74, 6) is 0.942. The van der Waals surface area contributed by atoms with Crippen molar-refractivity contribution in [3.05, 3.63) is 70.2 Å². The maximum atomic E-state index is 12.4. The van der Waals surface area contributed by atoms with Crippen molar-refractivity contribution in [1.82, 2.24) is 14.8 Å². The number of fused-ring (bicyclic) bond motifs is 1. The van der Waals surface area contributed by atoms with Gasteiger partial charge < -0.3 is 9.73 Å². The quantitative estimate of drug-likeness (QED) is 0.233. The first-order valence-corrected chi connectivity index (χ1v) is 11.2. The van der Waals surface area contributed by atoms with Crippen molar-refractivity contribution >= 4 is 69.1 Å². The molecule has 1 N–H and O–H groups in total. The van der Waals surface area contributed by atoms with E-state index in [0.29, 0.717) is 49.6 Å². The summed E-state index contributed by atoms with van der Waals surface area (Å²) in [5, 5.41) is 14.2. The minimum Gasteiger partial charge on any atom is -0.453 e. The van der Waals surface area contributed by atoms with Crippen LogP contribution in [0.15, 0.2) is 64.7 Å². The molecule has 6 nitrogen and oxygen atoms in total. The van der Waals surface area contributed by atoms with Crippen LogP contribution in [0.3, 0.4) is 0 Å². The summed E-state index contributed by atoms with van der Waals surface area (Å²) in [6.45, 7) is 4.24. The maximum Gasteiger partial charge on any atom is 0.234 e. The molecule has 0 aliphatic carbocycles. The molecule has 158 valence electrons. The zero-order chi connectivity index (χ0) is 22.0. The molecule has 10 heteroatoms. The van der Waals surface area contributed by atoms with Crippen molar-refractivity contribution < 1.29 is 9.21 Å². The highest BCUT2D eigenvalue weighted by atomic mass is 35.5. The summed E-state index contributed by atoms with van der Waals surface area (Å²) in [6.07, 6.45) is 1.72. The van der Waals surface area contributed by atoms with Gasteiger partial charge in [-0.3, -0.25) is 9.36 Å². The third-order valence-corrected chi connectivity index (χ3v) is 6.03. The van der Waals surface area contributed by atoms with Crippen LogP contribution in [0.5, 0.6) is 0 Å². The van der Waals surface area contributed by atoms with Crippen molar-refractivity contribution in [1.29, 1.82) is 0 Å². The van der Waals surface area contributed by atoms with Crippen LogP contribution in [0.25, 0.3) is 22.6 Å². The predicted octanol–water partition coefficient (Wildman–Crippen LogP) is 6.57. The Morgan fingerprint density at radius 3 is 2.71 bits per heavy atom. The Morgan fingerprint density at radius 1 is 1.13 bits per heavy atom. The number of nitrogens with zero attached hydrogens (tertiary/aromatic N) is 3. The van der Waals surface area contributed by atoms with Gasteiger partial charge in [0.15, 0.2) is 10.9 Å². The minimum absolute atomic E-state index is 0.105. The van der Waals surface area contributed by atoms with Crippen molar-refractivity contribution in [2.45, 2.75) is 11.7 Å². The number of carbonyl (C=O) groups excluding carboxylic acids is 1. The fourth-order valence-electron chi connectivity index (χ4n) is 2.91. The van der Waals surface area contributed by atoms with Crippen LogP contribution in [-0.4, -0.2) is 26.4 Å². The molecule has 1 amide bonds. The van der Waals surface area contributed by atoms with E-state index in [1.165, 1.54) is 11.8 Å². The highest BCUT2D eigenvalue weighted by Crippen LogP contribution is 2.31. The molecule has 0 aliphatic heterocycles. The fraction of sp³-hybridized carbons (Fsp3) is 0.0952. The number of nitrogens with one attached hydrogen (secondary N) is 1. The van der Waals surface area contributed by atoms with E-state index in [4.69, 9.17) is 39.2 Å². The van der Waals surface area contributed by atoms with Gasteiger partial charge in [0.2, 0.25) is 11.7 Å². The molecule has 0 fully saturated rings. The molecule has 2 heterocycles. The average molecular weight is 494 g/mol. The lowest BCUT2D eigenvalue weighted by Gasteiger charge is -2.08. The molecule has 0 saturated heterocycles. The van der Waals surface area contributed by atoms with Gasteiger partial charge in [-0.05, 0) is 42.5 Å². The SMILES string of the molecule is C=CCn1c(SCC(=O)Nc2cc(Cl)ccc2Cl)nnc1-c1cc2cc(Cl)ccc2o1. The third-order valence-electron chi connectivity index (χ3n) is 4.26. The molecule has 0 spiro atoms. The van der Waals surface area contributed by atoms with Crippen LogP contribution < -0.4 is 5.32 Å². The summed E-state index contributed by atoms with van der Waals surface area (Å²) < 4.78 is 7.74. The van der Waals surface area contributed by atoms with Crippen molar-refractivity contribution in [3.63, 3.8) is 0 Å². The third kappa shape index (κ3) is 4.91. The molecular weight excluding hydrogens is 479 g/mol. The van der Waals surface area contributed by atoms with Gasteiger partial charge in [0.05, 0.1) is 16.5 Å². The summed E-state index contributed by atoms with van der Waals surface area (Å²) >= 11 is 19.4. The van der Waals surface area contributed by atoms with Crippen molar-refractivity contribution in [2.75, 3.05) is 11.1 Å². The second-order valence-corrected chi connectivity index (χ2v) is 8.68. The molecule has 0 bridgehead atoms. The lowest BCUT2D eigenvalue weighted by atomic mass is 10.2. The summed E-state index contributed by atoms with van der Waals surface area (Å²) in [6, 6.07) is 12.1. The number of hydrogen-bond donors (Lipinski definition) is 1. The number of benzene rings is 2. The average Bonchev–Trinajstić information content (AvgIpc) is 3.33. The molecule has 0 radical (unpaired) electrons. The van der Waals surface area contributed by atoms with Crippen LogP contribution in [-0.2, 0) is 11.3 Å². The Balaban J connectivity index is 1.53. The Hall–Kier alpha value is -2.45. The number of rotatable bonds is 7. The lowest BCUT2D eigenvalue weighted by molar-refractivity contribution is -0.113. The van der Waals surface area contributed by atoms with Crippen LogP contribution in [0.1, 0.15) is 0 Å². The first-order valence-electron chi connectivity index (χ1n) is 9.06. The van der Waals surface area contributed by atoms with E-state index < -0.39 is 0 Å². The van der Waals surface area contributed by atoms with E-state index in [9.17, 15) is 4.79 Å². The molecule has 0 unspecified atom stereocenters. The molecule has 0 atom stereocenters. The second-order valence-electron chi connectivity index (χ2n) is 6.46. The number of aromatic nitrogens is 3. The van der Waals surface area contributed by atoms with Crippen molar-refractivity contribution in [2.24, 2.45) is 0 Å². The van der Waals surface area contributed by atoms with E-state index in [2.05, 4.69) is 22.1 Å². The molecule has 31 heavy (non-hydrogen) atoms. The molecule has 0 saturated carbocycles. The maximum absolute atomic E-state index is 12.4. The van der Waals surface area contributed by atoms with Crippen LogP contribution >= 0.6 is 46.6 Å². The number of amides is 1. The second kappa shape index (κ2) is 9.36. The first kappa shape index (κ1) is 21.8. The Kier molecular flexibility index (Phi) is 6.57. The van der Waals surface area contributed by atoms with Gasteiger partial charge in [-0.15, -0.1) is 16.8 Å². The number of halogens is 3. The van der Waals surface area contributed by atoms with Crippen LogP contribution in [0, 0.1) is 0 Å². The molecular formula is C21H15Cl3N4O2S. The number of anilines is 1. The van der Waals surface area contributed by atoms with E-state index in [0.717, 1.165) is 5.39 Å². The molecule has 4 rings (SSSR count). The zero-order valence-corrected chi connectivity index (χ0v) is 19.0. The molecule has 2 aromatic carbocycles. The van der Waals surface area contributed by atoms with Crippen LogP contribution in [0.2, 0.25) is 15.1 Å². The minimum atomic E-state index is -0.248. The highest BCUT2D eigenvalue weighted by molar-refractivity contribution is 7.99. The molecule has 0 aliphatic rings. The van der Waals surface area contributed by atoms with Gasteiger partial charge in [-0.1, -0.05) is 52.6 Å². The van der Waals surface area contributed by atoms with Gasteiger partial charge >= 0.3 is 0 Å². The normalized spacial score (nSPS) is 11.1. The lowest BCUT2D eigenvalue weighted by Crippen LogP contribution is -2.15. The number of carbonyl (C=O) groups is 1. The zero-order valence-electron chi connectivity index (χ0n) is 15.9. The first-order chi connectivity index (χ1) is 14.9. The summed E-state index contributed by atoms with van der Waals surface area (Å²) in [4.78, 5) is 12.4. The van der Waals surface area contributed by atoms with Gasteiger partial charge in [0, 0.05) is 22.0 Å². The molecule has 4 aromatic rings. The largest absolute Gasteiger partial charge is 0.453 e. The van der Waals surface area contributed by atoms with Crippen molar-refractivity contribution in [3.8, 4) is 11.6 Å². The number of hydrogen-bond acceptors (Lipinski definition) is 5. The molecule has 2 aromatic heterocycles. The van der Waals surface area contributed by atoms with Gasteiger partial charge in [0.25, 0.3) is 0 Å². The van der Waals surface area contributed by atoms with Gasteiger partial charge in [0.1, 0.15) is 5.58 Å². The van der Waals surface area contributed by atoms with E-state index >= 15 is 0 Å². The van der Waals surface area contributed by atoms with E-state index in [1.54, 1.807) is 36.4 Å². The van der Waals surface area contributed by atoms with E-state index in [1.807, 2.05) is 16.7 Å².